The third-order valence-corrected chi connectivity index (χ3v) is 3.36. The molecule has 1 N–H and O–H groups in total. The molecule has 0 fully saturated rings. The number of benzene rings is 1. The summed E-state index contributed by atoms with van der Waals surface area (Å²) < 4.78 is 1.75. The zero-order valence-electron chi connectivity index (χ0n) is 10.8. The summed E-state index contributed by atoms with van der Waals surface area (Å²) >= 11 is 0. The van der Waals surface area contributed by atoms with Crippen molar-refractivity contribution in [2.24, 2.45) is 7.05 Å². The molecule has 0 atom stereocenters. The van der Waals surface area contributed by atoms with Gasteiger partial charge in [-0.25, -0.2) is 4.79 Å². The van der Waals surface area contributed by atoms with E-state index in [1.54, 1.807) is 27.9 Å². The standard InChI is InChI=1S/C13H12N4O3/c1-16-7-14-15-11(16)6-17-10-3-2-8(13(19)20)4-9(10)5-12(17)18/h2-4,7H,5-6H2,1H3,(H,19,20). The summed E-state index contributed by atoms with van der Waals surface area (Å²) in [4.78, 5) is 24.6. The maximum atomic E-state index is 12.1. The lowest BCUT2D eigenvalue weighted by Crippen LogP contribution is -2.27. The molecule has 2 aromatic rings. The van der Waals surface area contributed by atoms with E-state index in [1.165, 1.54) is 6.07 Å². The number of fused-ring (bicyclic) bond motifs is 1. The molecule has 7 nitrogen and oxygen atoms in total. The highest BCUT2D eigenvalue weighted by atomic mass is 16.4. The minimum absolute atomic E-state index is 0.0643. The Morgan fingerprint density at radius 2 is 2.25 bits per heavy atom. The lowest BCUT2D eigenvalue weighted by Gasteiger charge is -2.16. The van der Waals surface area contributed by atoms with E-state index in [0.717, 1.165) is 11.3 Å². The Kier molecular flexibility index (Phi) is 2.74. The molecule has 3 rings (SSSR count). The highest BCUT2D eigenvalue weighted by Gasteiger charge is 2.29. The molecular formula is C13H12N4O3. The second-order valence-electron chi connectivity index (χ2n) is 4.66. The average Bonchev–Trinajstić information content (AvgIpc) is 2.94. The number of carboxylic acids is 1. The molecular weight excluding hydrogens is 260 g/mol. The highest BCUT2D eigenvalue weighted by Crippen LogP contribution is 2.30. The van der Waals surface area contributed by atoms with Crippen LogP contribution in [0.4, 0.5) is 5.69 Å². The van der Waals surface area contributed by atoms with Gasteiger partial charge in [0.25, 0.3) is 0 Å². The first-order chi connectivity index (χ1) is 9.56. The molecule has 20 heavy (non-hydrogen) atoms. The number of carbonyl (C=O) groups is 2. The van der Waals surface area contributed by atoms with E-state index in [0.29, 0.717) is 12.4 Å². The van der Waals surface area contributed by atoms with Gasteiger partial charge in [-0.3, -0.25) is 4.79 Å². The Bertz CT molecular complexity index is 707. The topological polar surface area (TPSA) is 88.3 Å². The highest BCUT2D eigenvalue weighted by molar-refractivity contribution is 6.02. The molecule has 0 saturated heterocycles. The number of aromatic nitrogens is 3. The molecule has 0 spiro atoms. The second-order valence-corrected chi connectivity index (χ2v) is 4.66. The third-order valence-electron chi connectivity index (χ3n) is 3.36. The molecule has 2 heterocycles. The van der Waals surface area contributed by atoms with Crippen LogP contribution < -0.4 is 4.90 Å². The minimum atomic E-state index is -0.994. The van der Waals surface area contributed by atoms with Crippen LogP contribution in [-0.4, -0.2) is 31.7 Å². The van der Waals surface area contributed by atoms with Gasteiger partial charge in [0, 0.05) is 12.7 Å². The molecule has 1 aromatic heterocycles. The van der Waals surface area contributed by atoms with E-state index in [9.17, 15) is 9.59 Å². The Hall–Kier alpha value is -2.70. The van der Waals surface area contributed by atoms with Crippen molar-refractivity contribution in [3.63, 3.8) is 0 Å². The summed E-state index contributed by atoms with van der Waals surface area (Å²) in [6, 6.07) is 4.72. The van der Waals surface area contributed by atoms with Crippen molar-refractivity contribution in [1.82, 2.24) is 14.8 Å². The number of aryl methyl sites for hydroxylation is 1. The Morgan fingerprint density at radius 3 is 2.90 bits per heavy atom. The van der Waals surface area contributed by atoms with Crippen LogP contribution in [0, 0.1) is 0 Å². The van der Waals surface area contributed by atoms with E-state index < -0.39 is 5.97 Å². The number of hydrogen-bond donors (Lipinski definition) is 1. The molecule has 0 bridgehead atoms. The molecule has 1 aliphatic rings. The number of rotatable bonds is 3. The number of amides is 1. The maximum absolute atomic E-state index is 12.1. The van der Waals surface area contributed by atoms with Crippen LogP contribution in [0.15, 0.2) is 24.5 Å². The van der Waals surface area contributed by atoms with Gasteiger partial charge in [-0.05, 0) is 23.8 Å². The van der Waals surface area contributed by atoms with E-state index in [-0.39, 0.29) is 17.9 Å². The van der Waals surface area contributed by atoms with Gasteiger partial charge >= 0.3 is 5.97 Å². The van der Waals surface area contributed by atoms with Gasteiger partial charge in [0.2, 0.25) is 5.91 Å². The quantitative estimate of drug-likeness (QED) is 0.884. The molecule has 102 valence electrons. The first kappa shape index (κ1) is 12.3. The van der Waals surface area contributed by atoms with Crippen LogP contribution in [0.3, 0.4) is 0 Å². The summed E-state index contributed by atoms with van der Waals surface area (Å²) in [6.07, 6.45) is 1.79. The smallest absolute Gasteiger partial charge is 0.335 e. The maximum Gasteiger partial charge on any atom is 0.335 e. The normalized spacial score (nSPS) is 13.7. The molecule has 7 heteroatoms. The summed E-state index contributed by atoms with van der Waals surface area (Å²) in [6.45, 7) is 0.328. The predicted octanol–water partition coefficient (Wildman–Crippen LogP) is 0.603. The van der Waals surface area contributed by atoms with Gasteiger partial charge in [-0.2, -0.15) is 0 Å². The Balaban J connectivity index is 1.94. The van der Waals surface area contributed by atoms with Crippen molar-refractivity contribution in [3.05, 3.63) is 41.5 Å². The lowest BCUT2D eigenvalue weighted by atomic mass is 10.1. The summed E-state index contributed by atoms with van der Waals surface area (Å²) in [5.74, 6) is -0.383. The fourth-order valence-corrected chi connectivity index (χ4v) is 2.28. The Labute approximate surface area is 114 Å². The van der Waals surface area contributed by atoms with Crippen LogP contribution >= 0.6 is 0 Å². The van der Waals surface area contributed by atoms with Crippen molar-refractivity contribution in [2.75, 3.05) is 4.90 Å². The van der Waals surface area contributed by atoms with E-state index in [2.05, 4.69) is 10.2 Å². The van der Waals surface area contributed by atoms with Crippen molar-refractivity contribution < 1.29 is 14.7 Å². The van der Waals surface area contributed by atoms with Crippen LogP contribution in [0.2, 0.25) is 0 Å². The number of hydrogen-bond acceptors (Lipinski definition) is 4. The number of nitrogens with zero attached hydrogens (tertiary/aromatic N) is 4. The molecule has 1 aromatic carbocycles. The molecule has 0 saturated carbocycles. The van der Waals surface area contributed by atoms with Crippen LogP contribution in [0.1, 0.15) is 21.7 Å². The summed E-state index contributed by atoms with van der Waals surface area (Å²) in [5, 5.41) is 16.7. The zero-order valence-corrected chi connectivity index (χ0v) is 10.8. The van der Waals surface area contributed by atoms with Gasteiger partial charge in [0.05, 0.1) is 18.5 Å². The largest absolute Gasteiger partial charge is 0.478 e. The third kappa shape index (κ3) is 1.93. The number of aromatic carboxylic acids is 1. The predicted molar refractivity (Wildman–Crippen MR) is 69.3 cm³/mol. The number of carboxylic acid groups (broad SMARTS) is 1. The molecule has 0 unspecified atom stereocenters. The van der Waals surface area contributed by atoms with Crippen molar-refractivity contribution in [1.29, 1.82) is 0 Å². The van der Waals surface area contributed by atoms with Gasteiger partial charge in [0.15, 0.2) is 5.82 Å². The summed E-state index contributed by atoms with van der Waals surface area (Å²) in [7, 11) is 1.81. The van der Waals surface area contributed by atoms with Gasteiger partial charge < -0.3 is 14.6 Å². The molecule has 0 radical (unpaired) electrons. The molecule has 0 aliphatic carbocycles. The van der Waals surface area contributed by atoms with Crippen LogP contribution in [0.5, 0.6) is 0 Å². The number of carbonyl (C=O) groups excluding carboxylic acids is 1. The Morgan fingerprint density at radius 1 is 1.45 bits per heavy atom. The first-order valence-corrected chi connectivity index (χ1v) is 6.05. The molecule has 1 amide bonds. The fourth-order valence-electron chi connectivity index (χ4n) is 2.28. The van der Waals surface area contributed by atoms with Crippen molar-refractivity contribution in [2.45, 2.75) is 13.0 Å². The SMILES string of the molecule is Cn1cnnc1CN1C(=O)Cc2cc(C(=O)O)ccc21. The van der Waals surface area contributed by atoms with Crippen molar-refractivity contribution in [3.8, 4) is 0 Å². The van der Waals surface area contributed by atoms with Crippen LogP contribution in [-0.2, 0) is 24.8 Å². The molecule has 1 aliphatic heterocycles. The van der Waals surface area contributed by atoms with E-state index in [1.807, 2.05) is 7.05 Å². The van der Waals surface area contributed by atoms with Crippen molar-refractivity contribution >= 4 is 17.6 Å². The van der Waals surface area contributed by atoms with E-state index >= 15 is 0 Å². The monoisotopic (exact) mass is 272 g/mol. The van der Waals surface area contributed by atoms with Gasteiger partial charge in [-0.15, -0.1) is 10.2 Å². The first-order valence-electron chi connectivity index (χ1n) is 6.05. The zero-order chi connectivity index (χ0) is 14.3. The van der Waals surface area contributed by atoms with E-state index in [4.69, 9.17) is 5.11 Å². The lowest BCUT2D eigenvalue weighted by molar-refractivity contribution is -0.117. The van der Waals surface area contributed by atoms with Gasteiger partial charge in [-0.1, -0.05) is 0 Å². The van der Waals surface area contributed by atoms with Crippen LogP contribution in [0.25, 0.3) is 0 Å². The summed E-state index contributed by atoms with van der Waals surface area (Å²) in [5.41, 5.74) is 1.66. The minimum Gasteiger partial charge on any atom is -0.478 e. The average molecular weight is 272 g/mol. The van der Waals surface area contributed by atoms with Gasteiger partial charge in [0.1, 0.15) is 6.33 Å². The second kappa shape index (κ2) is 4.44. The number of anilines is 1. The fraction of sp³-hybridized carbons (Fsp3) is 0.231.